The Morgan fingerprint density at radius 2 is 1.71 bits per heavy atom. The summed E-state index contributed by atoms with van der Waals surface area (Å²) in [6, 6.07) is 21.5. The molecule has 0 bridgehead atoms. The van der Waals surface area contributed by atoms with Crippen molar-refractivity contribution in [2.45, 2.75) is 19.9 Å². The molecule has 4 heteroatoms. The summed E-state index contributed by atoms with van der Waals surface area (Å²) in [5, 5.41) is 3.97. The molecule has 0 radical (unpaired) electrons. The Hall–Kier alpha value is -3.53. The van der Waals surface area contributed by atoms with Crippen molar-refractivity contribution in [3.8, 4) is 11.3 Å². The average Bonchev–Trinajstić information content (AvgIpc) is 2.74. The van der Waals surface area contributed by atoms with Gasteiger partial charge in [-0.05, 0) is 49.7 Å². The van der Waals surface area contributed by atoms with E-state index >= 15 is 0 Å². The number of benzene rings is 2. The molecule has 1 amide bonds. The predicted molar refractivity (Wildman–Crippen MR) is 112 cm³/mol. The van der Waals surface area contributed by atoms with Gasteiger partial charge in [-0.2, -0.15) is 0 Å². The molecular weight excluding hydrogens is 346 g/mol. The van der Waals surface area contributed by atoms with E-state index in [4.69, 9.17) is 4.98 Å². The summed E-state index contributed by atoms with van der Waals surface area (Å²) < 4.78 is 0. The third kappa shape index (κ3) is 3.62. The summed E-state index contributed by atoms with van der Waals surface area (Å²) in [7, 11) is 0. The topological polar surface area (TPSA) is 54.9 Å². The van der Waals surface area contributed by atoms with Gasteiger partial charge in [0.15, 0.2) is 0 Å². The number of nitrogens with zero attached hydrogens (tertiary/aromatic N) is 2. The molecule has 138 valence electrons. The lowest BCUT2D eigenvalue weighted by atomic mass is 10.0. The first-order chi connectivity index (χ1) is 13.6. The normalized spacial score (nSPS) is 11.9. The van der Waals surface area contributed by atoms with E-state index in [0.29, 0.717) is 5.56 Å². The fraction of sp³-hybridized carbons (Fsp3) is 0.125. The van der Waals surface area contributed by atoms with Gasteiger partial charge >= 0.3 is 0 Å². The van der Waals surface area contributed by atoms with Crippen LogP contribution in [0, 0.1) is 6.92 Å². The van der Waals surface area contributed by atoms with Gasteiger partial charge in [0.25, 0.3) is 5.91 Å². The van der Waals surface area contributed by atoms with Crippen LogP contribution in [0.3, 0.4) is 0 Å². The summed E-state index contributed by atoms with van der Waals surface area (Å²) >= 11 is 0. The number of hydrogen-bond donors (Lipinski definition) is 1. The van der Waals surface area contributed by atoms with Gasteiger partial charge in [-0.15, -0.1) is 0 Å². The van der Waals surface area contributed by atoms with Crippen molar-refractivity contribution in [1.29, 1.82) is 0 Å². The molecule has 0 fully saturated rings. The summed E-state index contributed by atoms with van der Waals surface area (Å²) in [4.78, 5) is 22.0. The molecule has 0 saturated heterocycles. The van der Waals surface area contributed by atoms with Crippen molar-refractivity contribution in [3.63, 3.8) is 0 Å². The van der Waals surface area contributed by atoms with E-state index in [9.17, 15) is 4.79 Å². The van der Waals surface area contributed by atoms with Crippen molar-refractivity contribution in [1.82, 2.24) is 15.3 Å². The molecule has 0 aliphatic carbocycles. The number of pyridine rings is 2. The van der Waals surface area contributed by atoms with Gasteiger partial charge < -0.3 is 5.32 Å². The maximum atomic E-state index is 13.2. The van der Waals surface area contributed by atoms with Crippen molar-refractivity contribution in [2.24, 2.45) is 0 Å². The zero-order chi connectivity index (χ0) is 19.5. The number of aryl methyl sites for hydroxylation is 1. The fourth-order valence-electron chi connectivity index (χ4n) is 3.29. The maximum Gasteiger partial charge on any atom is 0.252 e. The van der Waals surface area contributed by atoms with E-state index in [0.717, 1.165) is 33.3 Å². The van der Waals surface area contributed by atoms with E-state index in [2.05, 4.69) is 10.3 Å². The lowest BCUT2D eigenvalue weighted by Crippen LogP contribution is -2.27. The largest absolute Gasteiger partial charge is 0.345 e. The monoisotopic (exact) mass is 367 g/mol. The van der Waals surface area contributed by atoms with Crippen LogP contribution in [0.1, 0.15) is 34.5 Å². The first kappa shape index (κ1) is 17.9. The Morgan fingerprint density at radius 1 is 0.964 bits per heavy atom. The van der Waals surface area contributed by atoms with Crippen LogP contribution in [0.15, 0.2) is 79.1 Å². The molecule has 2 aromatic heterocycles. The first-order valence-corrected chi connectivity index (χ1v) is 9.29. The van der Waals surface area contributed by atoms with Gasteiger partial charge in [-0.25, -0.2) is 4.98 Å². The number of nitrogens with one attached hydrogen (secondary N) is 1. The van der Waals surface area contributed by atoms with Gasteiger partial charge in [0.2, 0.25) is 0 Å². The highest BCUT2D eigenvalue weighted by Gasteiger charge is 2.17. The number of fused-ring (bicyclic) bond motifs is 1. The van der Waals surface area contributed by atoms with Gasteiger partial charge in [0.1, 0.15) is 0 Å². The third-order valence-corrected chi connectivity index (χ3v) is 4.83. The number of rotatable bonds is 4. The molecule has 1 atom stereocenters. The smallest absolute Gasteiger partial charge is 0.252 e. The van der Waals surface area contributed by atoms with Crippen molar-refractivity contribution in [2.75, 3.05) is 0 Å². The Kier molecular flexibility index (Phi) is 4.85. The van der Waals surface area contributed by atoms with Crippen LogP contribution >= 0.6 is 0 Å². The van der Waals surface area contributed by atoms with Crippen LogP contribution in [0.4, 0.5) is 0 Å². The van der Waals surface area contributed by atoms with Gasteiger partial charge in [-0.1, -0.05) is 42.0 Å². The number of carbonyl (C=O) groups excluding carboxylic acids is 1. The average molecular weight is 367 g/mol. The van der Waals surface area contributed by atoms with Crippen molar-refractivity contribution in [3.05, 3.63) is 95.8 Å². The quantitative estimate of drug-likeness (QED) is 0.546. The molecule has 0 saturated carbocycles. The van der Waals surface area contributed by atoms with Gasteiger partial charge in [0.05, 0.1) is 22.8 Å². The third-order valence-electron chi connectivity index (χ3n) is 4.83. The Morgan fingerprint density at radius 3 is 2.46 bits per heavy atom. The molecule has 2 aromatic carbocycles. The highest BCUT2D eigenvalue weighted by molar-refractivity contribution is 6.07. The SMILES string of the molecule is Cc1ccc2nc(-c3ccccc3)cc(C(=O)NC(C)c3ccncc3)c2c1. The van der Waals surface area contributed by atoms with Crippen LogP contribution < -0.4 is 5.32 Å². The van der Waals surface area contributed by atoms with E-state index in [-0.39, 0.29) is 11.9 Å². The molecule has 1 unspecified atom stereocenters. The van der Waals surface area contributed by atoms with Crippen LogP contribution in [0.25, 0.3) is 22.2 Å². The molecular formula is C24H21N3O. The second-order valence-corrected chi connectivity index (χ2v) is 6.92. The van der Waals surface area contributed by atoms with E-state index in [1.54, 1.807) is 12.4 Å². The van der Waals surface area contributed by atoms with Gasteiger partial charge in [-0.3, -0.25) is 9.78 Å². The Bertz CT molecular complexity index is 1120. The van der Waals surface area contributed by atoms with Crippen LogP contribution in [-0.4, -0.2) is 15.9 Å². The second kappa shape index (κ2) is 7.61. The van der Waals surface area contributed by atoms with Gasteiger partial charge in [0, 0.05) is 23.3 Å². The number of carbonyl (C=O) groups is 1. The number of amides is 1. The molecule has 4 rings (SSSR count). The number of aromatic nitrogens is 2. The van der Waals surface area contributed by atoms with Crippen molar-refractivity contribution < 1.29 is 4.79 Å². The zero-order valence-corrected chi connectivity index (χ0v) is 15.9. The number of hydrogen-bond acceptors (Lipinski definition) is 3. The van der Waals surface area contributed by atoms with Crippen LogP contribution in [0.2, 0.25) is 0 Å². The standard InChI is InChI=1S/C24H21N3O/c1-16-8-9-22-20(14-16)21(15-23(27-22)19-6-4-3-5-7-19)24(28)26-17(2)18-10-12-25-13-11-18/h3-15,17H,1-2H3,(H,26,28). The van der Waals surface area contributed by atoms with E-state index in [1.165, 1.54) is 0 Å². The molecule has 0 spiro atoms. The summed E-state index contributed by atoms with van der Waals surface area (Å²) in [6.07, 6.45) is 3.47. The lowest BCUT2D eigenvalue weighted by molar-refractivity contribution is 0.0941. The second-order valence-electron chi connectivity index (χ2n) is 6.92. The van der Waals surface area contributed by atoms with Crippen LogP contribution in [-0.2, 0) is 0 Å². The Labute approximate surface area is 164 Å². The van der Waals surface area contributed by atoms with Crippen LogP contribution in [0.5, 0.6) is 0 Å². The lowest BCUT2D eigenvalue weighted by Gasteiger charge is -2.16. The minimum atomic E-state index is -0.122. The van der Waals surface area contributed by atoms with E-state index in [1.807, 2.05) is 80.6 Å². The van der Waals surface area contributed by atoms with Crippen molar-refractivity contribution >= 4 is 16.8 Å². The summed E-state index contributed by atoms with van der Waals surface area (Å²) in [5.41, 5.74) is 5.33. The minimum Gasteiger partial charge on any atom is -0.345 e. The molecule has 2 heterocycles. The summed E-state index contributed by atoms with van der Waals surface area (Å²) in [6.45, 7) is 3.99. The molecule has 4 aromatic rings. The zero-order valence-electron chi connectivity index (χ0n) is 15.9. The highest BCUT2D eigenvalue weighted by atomic mass is 16.1. The first-order valence-electron chi connectivity index (χ1n) is 9.29. The van der Waals surface area contributed by atoms with E-state index < -0.39 is 0 Å². The molecule has 1 N–H and O–H groups in total. The summed E-state index contributed by atoms with van der Waals surface area (Å²) in [5.74, 6) is -0.112. The molecule has 0 aliphatic rings. The Balaban J connectivity index is 1.77. The molecule has 28 heavy (non-hydrogen) atoms. The minimum absolute atomic E-state index is 0.112. The predicted octanol–water partition coefficient (Wildman–Crippen LogP) is 5.10. The highest BCUT2D eigenvalue weighted by Crippen LogP contribution is 2.26. The fourth-order valence-corrected chi connectivity index (χ4v) is 3.29. The molecule has 0 aliphatic heterocycles. The molecule has 4 nitrogen and oxygen atoms in total. The maximum absolute atomic E-state index is 13.2.